The van der Waals surface area contributed by atoms with Crippen molar-refractivity contribution in [1.29, 1.82) is 0 Å². The number of aryl methyl sites for hydroxylation is 1. The molecule has 0 spiro atoms. The van der Waals surface area contributed by atoms with Crippen molar-refractivity contribution in [2.24, 2.45) is 5.92 Å². The standard InChI is InChI=1S/C25H31N5O3/c1-3-15-26-23(31)19-6-5-16-30(17-19)25(33)29-22-13-11-21(12-14-22)28-24(32)27-20-9-7-18(4-2)8-10-20/h3,7-14,19H,1,4-6,15-17H2,2H3,(H,26,31)(H,29,33)(H2,27,28,32). The molecular formula is C25H31N5O3. The second-order valence-corrected chi connectivity index (χ2v) is 7.96. The average Bonchev–Trinajstić information content (AvgIpc) is 2.84. The molecule has 1 aliphatic rings. The molecule has 5 amide bonds. The summed E-state index contributed by atoms with van der Waals surface area (Å²) in [6, 6.07) is 14.0. The molecule has 174 valence electrons. The lowest BCUT2D eigenvalue weighted by molar-refractivity contribution is -0.126. The summed E-state index contributed by atoms with van der Waals surface area (Å²) in [7, 11) is 0. The SMILES string of the molecule is C=CCNC(=O)C1CCCN(C(=O)Nc2ccc(NC(=O)Nc3ccc(CC)cc3)cc2)C1. The Bertz CT molecular complexity index is 973. The Kier molecular flexibility index (Phi) is 8.46. The van der Waals surface area contributed by atoms with Crippen LogP contribution in [0.1, 0.15) is 25.3 Å². The molecule has 0 bridgehead atoms. The van der Waals surface area contributed by atoms with Crippen LogP contribution in [-0.4, -0.2) is 42.5 Å². The highest BCUT2D eigenvalue weighted by atomic mass is 16.2. The Morgan fingerprint density at radius 2 is 1.55 bits per heavy atom. The normalized spacial score (nSPS) is 15.3. The van der Waals surface area contributed by atoms with Gasteiger partial charge in [-0.05, 0) is 61.2 Å². The second kappa shape index (κ2) is 11.7. The molecule has 1 fully saturated rings. The van der Waals surface area contributed by atoms with Crippen molar-refractivity contribution in [1.82, 2.24) is 10.2 Å². The van der Waals surface area contributed by atoms with Gasteiger partial charge in [0.1, 0.15) is 0 Å². The number of anilines is 3. The lowest BCUT2D eigenvalue weighted by Crippen LogP contribution is -2.46. The first-order valence-corrected chi connectivity index (χ1v) is 11.2. The van der Waals surface area contributed by atoms with Crippen molar-refractivity contribution in [2.45, 2.75) is 26.2 Å². The third-order valence-corrected chi connectivity index (χ3v) is 5.51. The van der Waals surface area contributed by atoms with Crippen LogP contribution in [0.5, 0.6) is 0 Å². The van der Waals surface area contributed by atoms with Crippen LogP contribution < -0.4 is 21.3 Å². The maximum absolute atomic E-state index is 12.6. The van der Waals surface area contributed by atoms with Crippen molar-refractivity contribution in [2.75, 3.05) is 35.6 Å². The number of likely N-dealkylation sites (tertiary alicyclic amines) is 1. The van der Waals surface area contributed by atoms with Crippen molar-refractivity contribution in [3.05, 3.63) is 66.7 Å². The van der Waals surface area contributed by atoms with Crippen LogP contribution in [-0.2, 0) is 11.2 Å². The minimum atomic E-state index is -0.342. The average molecular weight is 450 g/mol. The van der Waals surface area contributed by atoms with Gasteiger partial charge < -0.3 is 26.2 Å². The quantitative estimate of drug-likeness (QED) is 0.470. The molecule has 1 unspecified atom stereocenters. The molecule has 3 rings (SSSR count). The van der Waals surface area contributed by atoms with Crippen LogP contribution in [0.4, 0.5) is 26.7 Å². The van der Waals surface area contributed by atoms with Gasteiger partial charge in [-0.1, -0.05) is 25.1 Å². The number of piperidine rings is 1. The lowest BCUT2D eigenvalue weighted by atomic mass is 9.97. The first kappa shape index (κ1) is 23.8. The molecule has 2 aromatic rings. The first-order chi connectivity index (χ1) is 16.0. The third kappa shape index (κ3) is 7.10. The van der Waals surface area contributed by atoms with E-state index in [1.165, 1.54) is 5.56 Å². The maximum atomic E-state index is 12.6. The van der Waals surface area contributed by atoms with Crippen LogP contribution in [0.25, 0.3) is 0 Å². The number of carbonyl (C=O) groups excluding carboxylic acids is 3. The molecule has 0 aromatic heterocycles. The zero-order valence-corrected chi connectivity index (χ0v) is 18.9. The number of benzene rings is 2. The maximum Gasteiger partial charge on any atom is 0.323 e. The lowest BCUT2D eigenvalue weighted by Gasteiger charge is -2.32. The molecule has 1 saturated heterocycles. The fourth-order valence-corrected chi connectivity index (χ4v) is 3.65. The van der Waals surface area contributed by atoms with Gasteiger partial charge in [0, 0.05) is 36.7 Å². The van der Waals surface area contributed by atoms with Gasteiger partial charge in [0.05, 0.1) is 5.92 Å². The number of hydrogen-bond donors (Lipinski definition) is 4. The Balaban J connectivity index is 1.49. The van der Waals surface area contributed by atoms with E-state index in [1.807, 2.05) is 24.3 Å². The summed E-state index contributed by atoms with van der Waals surface area (Å²) in [6.45, 7) is 7.09. The summed E-state index contributed by atoms with van der Waals surface area (Å²) in [4.78, 5) is 38.7. The number of hydrogen-bond acceptors (Lipinski definition) is 3. The highest BCUT2D eigenvalue weighted by Crippen LogP contribution is 2.19. The smallest absolute Gasteiger partial charge is 0.323 e. The molecule has 8 heteroatoms. The number of urea groups is 2. The Hall–Kier alpha value is -3.81. The van der Waals surface area contributed by atoms with E-state index in [0.29, 0.717) is 36.7 Å². The summed E-state index contributed by atoms with van der Waals surface area (Å²) in [6.07, 6.45) is 4.12. The molecule has 1 aliphatic heterocycles. The van der Waals surface area contributed by atoms with Gasteiger partial charge in [-0.3, -0.25) is 4.79 Å². The fourth-order valence-electron chi connectivity index (χ4n) is 3.65. The Morgan fingerprint density at radius 3 is 2.12 bits per heavy atom. The van der Waals surface area contributed by atoms with Gasteiger partial charge in [0.2, 0.25) is 5.91 Å². The number of nitrogens with zero attached hydrogens (tertiary/aromatic N) is 1. The predicted molar refractivity (Wildman–Crippen MR) is 131 cm³/mol. The molecule has 4 N–H and O–H groups in total. The molecule has 1 atom stereocenters. The van der Waals surface area contributed by atoms with Gasteiger partial charge in [0.25, 0.3) is 0 Å². The molecular weight excluding hydrogens is 418 g/mol. The van der Waals surface area contributed by atoms with Gasteiger partial charge in [-0.2, -0.15) is 0 Å². The highest BCUT2D eigenvalue weighted by molar-refractivity contribution is 6.00. The third-order valence-electron chi connectivity index (χ3n) is 5.51. The molecule has 0 aliphatic carbocycles. The zero-order valence-electron chi connectivity index (χ0n) is 18.9. The molecule has 8 nitrogen and oxygen atoms in total. The van der Waals surface area contributed by atoms with Crippen LogP contribution in [0, 0.1) is 5.92 Å². The van der Waals surface area contributed by atoms with E-state index in [0.717, 1.165) is 19.3 Å². The molecule has 2 aromatic carbocycles. The van der Waals surface area contributed by atoms with Gasteiger partial charge in [-0.15, -0.1) is 6.58 Å². The fraction of sp³-hybridized carbons (Fsp3) is 0.320. The molecule has 0 radical (unpaired) electrons. The van der Waals surface area contributed by atoms with E-state index in [2.05, 4.69) is 34.8 Å². The first-order valence-electron chi connectivity index (χ1n) is 11.2. The van der Waals surface area contributed by atoms with Gasteiger partial charge in [-0.25, -0.2) is 9.59 Å². The summed E-state index contributed by atoms with van der Waals surface area (Å²) in [5.41, 5.74) is 3.13. The number of rotatable bonds is 7. The minimum absolute atomic E-state index is 0.0533. The van der Waals surface area contributed by atoms with Crippen molar-refractivity contribution >= 4 is 35.0 Å². The topological polar surface area (TPSA) is 103 Å². The number of carbonyl (C=O) groups is 3. The Labute approximate surface area is 194 Å². The summed E-state index contributed by atoms with van der Waals surface area (Å²) < 4.78 is 0. The highest BCUT2D eigenvalue weighted by Gasteiger charge is 2.28. The minimum Gasteiger partial charge on any atom is -0.352 e. The summed E-state index contributed by atoms with van der Waals surface area (Å²) in [5.74, 6) is -0.268. The monoisotopic (exact) mass is 449 g/mol. The predicted octanol–water partition coefficient (Wildman–Crippen LogP) is 4.44. The van der Waals surface area contributed by atoms with E-state index in [1.54, 1.807) is 35.2 Å². The summed E-state index contributed by atoms with van der Waals surface area (Å²) >= 11 is 0. The van der Waals surface area contributed by atoms with Crippen molar-refractivity contribution < 1.29 is 14.4 Å². The van der Waals surface area contributed by atoms with Crippen LogP contribution in [0.3, 0.4) is 0 Å². The van der Waals surface area contributed by atoms with Crippen molar-refractivity contribution in [3.63, 3.8) is 0 Å². The van der Waals surface area contributed by atoms with E-state index in [9.17, 15) is 14.4 Å². The number of amides is 5. The summed E-state index contributed by atoms with van der Waals surface area (Å²) in [5, 5.41) is 11.2. The van der Waals surface area contributed by atoms with E-state index in [-0.39, 0.29) is 23.9 Å². The molecule has 1 heterocycles. The van der Waals surface area contributed by atoms with Gasteiger partial charge in [0.15, 0.2) is 0 Å². The van der Waals surface area contributed by atoms with E-state index < -0.39 is 0 Å². The Morgan fingerprint density at radius 1 is 0.970 bits per heavy atom. The zero-order chi connectivity index (χ0) is 23.6. The second-order valence-electron chi connectivity index (χ2n) is 7.96. The molecule has 0 saturated carbocycles. The molecule has 33 heavy (non-hydrogen) atoms. The van der Waals surface area contributed by atoms with Crippen LogP contribution in [0.15, 0.2) is 61.2 Å². The largest absolute Gasteiger partial charge is 0.352 e. The van der Waals surface area contributed by atoms with E-state index >= 15 is 0 Å². The number of nitrogens with one attached hydrogen (secondary N) is 4. The van der Waals surface area contributed by atoms with Crippen LogP contribution >= 0.6 is 0 Å². The van der Waals surface area contributed by atoms with Crippen LogP contribution in [0.2, 0.25) is 0 Å². The van der Waals surface area contributed by atoms with Crippen molar-refractivity contribution in [3.8, 4) is 0 Å². The van der Waals surface area contributed by atoms with Gasteiger partial charge >= 0.3 is 12.1 Å². The van der Waals surface area contributed by atoms with E-state index in [4.69, 9.17) is 0 Å².